The number of aromatic amines is 1. The number of anilines is 2. The molecule has 1 unspecified atom stereocenters. The van der Waals surface area contributed by atoms with Crippen molar-refractivity contribution >= 4 is 45.2 Å². The van der Waals surface area contributed by atoms with Gasteiger partial charge in [0.2, 0.25) is 11.9 Å². The van der Waals surface area contributed by atoms with Gasteiger partial charge >= 0.3 is 5.97 Å². The molecule has 1 atom stereocenters. The molecular weight excluding hydrogens is 340 g/mol. The van der Waals surface area contributed by atoms with Gasteiger partial charge in [-0.2, -0.15) is 0 Å². The van der Waals surface area contributed by atoms with E-state index in [0.29, 0.717) is 29.5 Å². The quantitative estimate of drug-likeness (QED) is 0.702. The topological polar surface area (TPSA) is 87.3 Å². The first-order valence-corrected chi connectivity index (χ1v) is 8.74. The summed E-state index contributed by atoms with van der Waals surface area (Å²) in [6, 6.07) is 8.99. The number of H-pyrrole nitrogens is 1. The van der Waals surface area contributed by atoms with Crippen molar-refractivity contribution in [3.8, 4) is 0 Å². The zero-order valence-electron chi connectivity index (χ0n) is 13.5. The second-order valence-electron chi connectivity index (χ2n) is 5.71. The van der Waals surface area contributed by atoms with E-state index in [9.17, 15) is 9.59 Å². The van der Waals surface area contributed by atoms with E-state index in [-0.39, 0.29) is 11.9 Å². The zero-order chi connectivity index (χ0) is 17.4. The molecule has 0 saturated carbocycles. The molecule has 1 fully saturated rings. The minimum atomic E-state index is -0.433. The number of nitrogens with zero attached hydrogens (tertiary/aromatic N) is 2. The average molecular weight is 356 g/mol. The van der Waals surface area contributed by atoms with Crippen LogP contribution in [0.5, 0.6) is 0 Å². The highest BCUT2D eigenvalue weighted by Crippen LogP contribution is 2.32. The lowest BCUT2D eigenvalue weighted by atomic mass is 10.2. The number of nitrogens with one attached hydrogen (secondary N) is 2. The number of imidazole rings is 1. The van der Waals surface area contributed by atoms with Crippen molar-refractivity contribution in [2.24, 2.45) is 0 Å². The first-order valence-electron chi connectivity index (χ1n) is 7.86. The normalized spacial score (nSPS) is 17.2. The van der Waals surface area contributed by atoms with Crippen LogP contribution in [0.25, 0.3) is 11.0 Å². The van der Waals surface area contributed by atoms with E-state index in [4.69, 9.17) is 4.74 Å². The van der Waals surface area contributed by atoms with Crippen LogP contribution in [0, 0.1) is 0 Å². The van der Waals surface area contributed by atoms with E-state index in [1.165, 1.54) is 18.4 Å². The van der Waals surface area contributed by atoms with Gasteiger partial charge in [-0.25, -0.2) is 9.78 Å². The Morgan fingerprint density at radius 2 is 2.24 bits per heavy atom. The van der Waals surface area contributed by atoms with E-state index < -0.39 is 5.97 Å². The largest absolute Gasteiger partial charge is 0.465 e. The van der Waals surface area contributed by atoms with Gasteiger partial charge in [0, 0.05) is 6.54 Å². The molecule has 3 heterocycles. The molecule has 2 aromatic heterocycles. The Bertz CT molecular complexity index is 915. The Morgan fingerprint density at radius 1 is 1.40 bits per heavy atom. The smallest absolute Gasteiger partial charge is 0.340 e. The van der Waals surface area contributed by atoms with Gasteiger partial charge in [0.1, 0.15) is 11.0 Å². The third-order valence-corrected chi connectivity index (χ3v) is 5.14. The lowest BCUT2D eigenvalue weighted by Crippen LogP contribution is -2.34. The summed E-state index contributed by atoms with van der Waals surface area (Å²) in [6.45, 7) is 0.543. The Hall–Kier alpha value is -2.87. The monoisotopic (exact) mass is 356 g/mol. The lowest BCUT2D eigenvalue weighted by Gasteiger charge is -2.16. The van der Waals surface area contributed by atoms with Crippen molar-refractivity contribution in [2.75, 3.05) is 23.9 Å². The number of para-hydroxylation sites is 2. The second kappa shape index (κ2) is 6.21. The van der Waals surface area contributed by atoms with Crippen LogP contribution < -0.4 is 10.2 Å². The number of aromatic nitrogens is 2. The standard InChI is InChI=1S/C17H16N4O3S/c1-24-16(23)10-7-9-25-15(10)21-8-6-13(14(21)22)20-17-18-11-4-2-3-5-12(11)19-17/h2-5,7,9,13H,6,8H2,1H3,(H2,18,19,20). The lowest BCUT2D eigenvalue weighted by molar-refractivity contribution is -0.117. The number of fused-ring (bicyclic) bond motifs is 1. The summed E-state index contributed by atoms with van der Waals surface area (Å²) in [7, 11) is 1.33. The molecule has 0 spiro atoms. The number of benzene rings is 1. The van der Waals surface area contributed by atoms with Crippen LogP contribution in [-0.4, -0.2) is 41.5 Å². The molecule has 1 aliphatic rings. The molecule has 1 saturated heterocycles. The Morgan fingerprint density at radius 3 is 3.04 bits per heavy atom. The summed E-state index contributed by atoms with van der Waals surface area (Å²) in [6.07, 6.45) is 0.633. The number of methoxy groups -OCH3 is 1. The van der Waals surface area contributed by atoms with Crippen LogP contribution in [0.3, 0.4) is 0 Å². The van der Waals surface area contributed by atoms with Crippen molar-refractivity contribution in [3.63, 3.8) is 0 Å². The third-order valence-electron chi connectivity index (χ3n) is 4.20. The number of hydrogen-bond acceptors (Lipinski definition) is 6. The molecule has 1 aliphatic heterocycles. The highest BCUT2D eigenvalue weighted by Gasteiger charge is 2.35. The third kappa shape index (κ3) is 2.74. The molecule has 25 heavy (non-hydrogen) atoms. The summed E-state index contributed by atoms with van der Waals surface area (Å²) < 4.78 is 4.79. The maximum atomic E-state index is 12.8. The van der Waals surface area contributed by atoms with Crippen molar-refractivity contribution in [2.45, 2.75) is 12.5 Å². The van der Waals surface area contributed by atoms with Crippen LogP contribution in [0.1, 0.15) is 16.8 Å². The number of hydrogen-bond donors (Lipinski definition) is 2. The maximum absolute atomic E-state index is 12.8. The molecular formula is C17H16N4O3S. The zero-order valence-corrected chi connectivity index (χ0v) is 14.3. The SMILES string of the molecule is COC(=O)c1ccsc1N1CCC(Nc2nc3ccccc3[nH]2)C1=O. The number of thiophene rings is 1. The van der Waals surface area contributed by atoms with Gasteiger partial charge in [0.25, 0.3) is 0 Å². The van der Waals surface area contributed by atoms with Gasteiger partial charge in [-0.15, -0.1) is 11.3 Å². The van der Waals surface area contributed by atoms with E-state index in [0.717, 1.165) is 11.0 Å². The molecule has 7 nitrogen and oxygen atoms in total. The summed E-state index contributed by atoms with van der Waals surface area (Å²) >= 11 is 1.36. The van der Waals surface area contributed by atoms with Crippen LogP contribution in [-0.2, 0) is 9.53 Å². The van der Waals surface area contributed by atoms with Crippen molar-refractivity contribution in [1.29, 1.82) is 0 Å². The molecule has 2 N–H and O–H groups in total. The fraction of sp³-hybridized carbons (Fsp3) is 0.235. The van der Waals surface area contributed by atoms with Crippen molar-refractivity contribution in [1.82, 2.24) is 9.97 Å². The summed E-state index contributed by atoms with van der Waals surface area (Å²) in [5.41, 5.74) is 2.18. The summed E-state index contributed by atoms with van der Waals surface area (Å²) in [5, 5.41) is 5.58. The number of carbonyl (C=O) groups excluding carboxylic acids is 2. The first kappa shape index (κ1) is 15.6. The van der Waals surface area contributed by atoms with Crippen LogP contribution >= 0.6 is 11.3 Å². The summed E-state index contributed by atoms with van der Waals surface area (Å²) in [4.78, 5) is 33.9. The fourth-order valence-corrected chi connectivity index (χ4v) is 3.90. The van der Waals surface area contributed by atoms with Crippen LogP contribution in [0.2, 0.25) is 0 Å². The number of rotatable bonds is 4. The number of ether oxygens (including phenoxy) is 1. The molecule has 0 aliphatic carbocycles. The molecule has 1 amide bonds. The molecule has 0 bridgehead atoms. The number of carbonyl (C=O) groups is 2. The molecule has 1 aromatic carbocycles. The Kier molecular flexibility index (Phi) is 3.89. The second-order valence-corrected chi connectivity index (χ2v) is 6.60. The fourth-order valence-electron chi connectivity index (χ4n) is 2.98. The van der Waals surface area contributed by atoms with Gasteiger partial charge < -0.3 is 19.9 Å². The predicted octanol–water partition coefficient (Wildman–Crippen LogP) is 2.63. The molecule has 4 rings (SSSR count). The van der Waals surface area contributed by atoms with Gasteiger partial charge in [-0.3, -0.25) is 4.79 Å². The minimum Gasteiger partial charge on any atom is -0.465 e. The summed E-state index contributed by atoms with van der Waals surface area (Å²) in [5.74, 6) is 0.0616. The first-order chi connectivity index (χ1) is 12.2. The van der Waals surface area contributed by atoms with Gasteiger partial charge in [0.05, 0.1) is 23.7 Å². The number of esters is 1. The van der Waals surface area contributed by atoms with Gasteiger partial charge in [0.15, 0.2) is 0 Å². The van der Waals surface area contributed by atoms with Gasteiger partial charge in [-0.05, 0) is 30.0 Å². The Balaban J connectivity index is 1.54. The predicted molar refractivity (Wildman–Crippen MR) is 96.1 cm³/mol. The van der Waals surface area contributed by atoms with E-state index >= 15 is 0 Å². The number of amides is 1. The molecule has 3 aromatic rings. The highest BCUT2D eigenvalue weighted by atomic mass is 32.1. The van der Waals surface area contributed by atoms with Crippen molar-refractivity contribution in [3.05, 3.63) is 41.3 Å². The molecule has 128 valence electrons. The van der Waals surface area contributed by atoms with Crippen molar-refractivity contribution < 1.29 is 14.3 Å². The maximum Gasteiger partial charge on any atom is 0.340 e. The highest BCUT2D eigenvalue weighted by molar-refractivity contribution is 7.14. The molecule has 0 radical (unpaired) electrons. The Labute approximate surface area is 147 Å². The molecule has 8 heteroatoms. The van der Waals surface area contributed by atoms with E-state index in [2.05, 4.69) is 15.3 Å². The van der Waals surface area contributed by atoms with Gasteiger partial charge in [-0.1, -0.05) is 12.1 Å². The minimum absolute atomic E-state index is 0.0759. The van der Waals surface area contributed by atoms with Crippen LogP contribution in [0.4, 0.5) is 10.9 Å². The van der Waals surface area contributed by atoms with E-state index in [1.807, 2.05) is 24.3 Å². The van der Waals surface area contributed by atoms with E-state index in [1.54, 1.807) is 16.3 Å². The average Bonchev–Trinajstić information content (AvgIpc) is 3.33. The van der Waals surface area contributed by atoms with Crippen LogP contribution in [0.15, 0.2) is 35.7 Å².